The molecular weight excluding hydrogens is 406 g/mol. The smallest absolute Gasteiger partial charge is 0.164 e. The summed E-state index contributed by atoms with van der Waals surface area (Å²) in [5, 5.41) is 4.97. The van der Waals surface area contributed by atoms with Gasteiger partial charge in [0.2, 0.25) is 0 Å². The van der Waals surface area contributed by atoms with E-state index in [0.717, 1.165) is 73.6 Å². The van der Waals surface area contributed by atoms with Crippen molar-refractivity contribution in [2.24, 2.45) is 5.92 Å². The summed E-state index contributed by atoms with van der Waals surface area (Å²) in [4.78, 5) is 19.4. The van der Waals surface area contributed by atoms with Gasteiger partial charge in [0, 0.05) is 48.0 Å². The minimum atomic E-state index is 0.0140. The highest BCUT2D eigenvalue weighted by atomic mass is 32.1. The number of hydrogen-bond acceptors (Lipinski definition) is 7. The van der Waals surface area contributed by atoms with Crippen molar-refractivity contribution in [3.05, 3.63) is 35.0 Å². The molecule has 1 fully saturated rings. The van der Waals surface area contributed by atoms with Gasteiger partial charge in [0.05, 0.1) is 18.6 Å². The number of thiophene rings is 1. The van der Waals surface area contributed by atoms with E-state index >= 15 is 0 Å². The Balaban J connectivity index is 1.53. The third-order valence-electron chi connectivity index (χ3n) is 6.63. The van der Waals surface area contributed by atoms with Crippen LogP contribution in [0.15, 0.2) is 24.5 Å². The first-order valence-corrected chi connectivity index (χ1v) is 12.1. The van der Waals surface area contributed by atoms with E-state index in [2.05, 4.69) is 36.0 Å². The molecule has 0 spiro atoms. The Hall–Kier alpha value is -2.09. The van der Waals surface area contributed by atoms with Crippen molar-refractivity contribution >= 4 is 27.4 Å². The molecule has 1 unspecified atom stereocenters. The largest absolute Gasteiger partial charge is 0.379 e. The first kappa shape index (κ1) is 20.8. The molecule has 164 valence electrons. The van der Waals surface area contributed by atoms with E-state index in [9.17, 15) is 0 Å². The van der Waals surface area contributed by atoms with Crippen LogP contribution in [-0.2, 0) is 17.6 Å². The Bertz CT molecular complexity index is 1060. The molecule has 3 aromatic rings. The summed E-state index contributed by atoms with van der Waals surface area (Å²) < 4.78 is 5.55. The summed E-state index contributed by atoms with van der Waals surface area (Å²) in [6.45, 7) is 11.3. The lowest BCUT2D eigenvalue weighted by Gasteiger charge is -2.41. The molecule has 1 saturated heterocycles. The molecule has 1 aliphatic heterocycles. The maximum atomic E-state index is 5.55. The number of ether oxygens (including phenoxy) is 1. The van der Waals surface area contributed by atoms with Crippen LogP contribution in [0.1, 0.15) is 37.6 Å². The Labute approximate surface area is 188 Å². The van der Waals surface area contributed by atoms with Crippen LogP contribution in [0.5, 0.6) is 0 Å². The van der Waals surface area contributed by atoms with E-state index in [1.165, 1.54) is 22.2 Å². The fourth-order valence-electron chi connectivity index (χ4n) is 4.67. The van der Waals surface area contributed by atoms with Crippen molar-refractivity contribution in [2.75, 3.05) is 38.2 Å². The quantitative estimate of drug-likeness (QED) is 0.638. The summed E-state index contributed by atoms with van der Waals surface area (Å²) in [5.74, 6) is 2.46. The van der Waals surface area contributed by atoms with Crippen molar-refractivity contribution in [1.29, 1.82) is 0 Å². The molecule has 0 amide bonds. The van der Waals surface area contributed by atoms with Crippen molar-refractivity contribution in [3.8, 4) is 11.4 Å². The van der Waals surface area contributed by atoms with Gasteiger partial charge in [-0.15, -0.1) is 11.3 Å². The van der Waals surface area contributed by atoms with Crippen molar-refractivity contribution < 1.29 is 4.74 Å². The van der Waals surface area contributed by atoms with E-state index in [0.29, 0.717) is 0 Å². The molecule has 0 saturated carbocycles. The summed E-state index contributed by atoms with van der Waals surface area (Å²) >= 11 is 1.85. The minimum absolute atomic E-state index is 0.0140. The van der Waals surface area contributed by atoms with Crippen LogP contribution in [0.3, 0.4) is 0 Å². The minimum Gasteiger partial charge on any atom is -0.379 e. The van der Waals surface area contributed by atoms with Gasteiger partial charge < -0.3 is 10.1 Å². The fourth-order valence-corrected chi connectivity index (χ4v) is 6.06. The molecule has 1 atom stereocenters. The zero-order valence-corrected chi connectivity index (χ0v) is 19.5. The number of rotatable bonds is 5. The highest BCUT2D eigenvalue weighted by Gasteiger charge is 2.29. The van der Waals surface area contributed by atoms with Crippen LogP contribution < -0.4 is 5.32 Å². The van der Waals surface area contributed by atoms with Gasteiger partial charge in [-0.3, -0.25) is 9.88 Å². The number of fused-ring (bicyclic) bond motifs is 3. The summed E-state index contributed by atoms with van der Waals surface area (Å²) in [6.07, 6.45) is 7.14. The van der Waals surface area contributed by atoms with Gasteiger partial charge in [-0.2, -0.15) is 0 Å². The number of anilines is 1. The molecular formula is C24H31N5OS. The molecule has 6 nitrogen and oxygen atoms in total. The van der Waals surface area contributed by atoms with Gasteiger partial charge in [0.15, 0.2) is 5.82 Å². The highest BCUT2D eigenvalue weighted by Crippen LogP contribution is 2.41. The maximum Gasteiger partial charge on any atom is 0.164 e. The lowest BCUT2D eigenvalue weighted by molar-refractivity contribution is -0.00569. The maximum absolute atomic E-state index is 5.55. The number of morpholine rings is 1. The van der Waals surface area contributed by atoms with Crippen LogP contribution in [0, 0.1) is 5.92 Å². The number of pyridine rings is 1. The summed E-state index contributed by atoms with van der Waals surface area (Å²) in [7, 11) is 0. The van der Waals surface area contributed by atoms with E-state index < -0.39 is 0 Å². The molecule has 2 aliphatic rings. The lowest BCUT2D eigenvalue weighted by Crippen LogP contribution is -2.53. The molecule has 0 aromatic carbocycles. The average Bonchev–Trinajstić information content (AvgIpc) is 3.16. The normalized spacial score (nSPS) is 20.0. The van der Waals surface area contributed by atoms with Crippen LogP contribution >= 0.6 is 11.3 Å². The van der Waals surface area contributed by atoms with Crippen molar-refractivity contribution in [1.82, 2.24) is 19.9 Å². The molecule has 1 aliphatic carbocycles. The molecule has 0 bridgehead atoms. The first-order valence-electron chi connectivity index (χ1n) is 11.3. The van der Waals surface area contributed by atoms with Gasteiger partial charge in [0.25, 0.3) is 0 Å². The molecule has 0 radical (unpaired) electrons. The third kappa shape index (κ3) is 4.19. The molecule has 4 heterocycles. The first-order chi connectivity index (χ1) is 15.0. The number of aromatic nitrogens is 3. The lowest BCUT2D eigenvalue weighted by atomic mass is 9.89. The Morgan fingerprint density at radius 1 is 1.26 bits per heavy atom. The SMILES string of the molecule is CC1CCc2c(sc3nc(-c4cccnc4)nc(NCC(C)(C)N4CCOCC4)c23)C1. The van der Waals surface area contributed by atoms with E-state index in [1.807, 2.05) is 29.7 Å². The Morgan fingerprint density at radius 2 is 2.10 bits per heavy atom. The van der Waals surface area contributed by atoms with Crippen LogP contribution in [0.4, 0.5) is 5.82 Å². The summed E-state index contributed by atoms with van der Waals surface area (Å²) in [6, 6.07) is 3.98. The Kier molecular flexibility index (Phi) is 5.67. The van der Waals surface area contributed by atoms with Gasteiger partial charge >= 0.3 is 0 Å². The van der Waals surface area contributed by atoms with E-state index in [1.54, 1.807) is 6.20 Å². The van der Waals surface area contributed by atoms with Crippen molar-refractivity contribution in [2.45, 2.75) is 45.6 Å². The average molecular weight is 438 g/mol. The molecule has 3 aromatic heterocycles. The third-order valence-corrected chi connectivity index (χ3v) is 7.78. The van der Waals surface area contributed by atoms with E-state index in [-0.39, 0.29) is 5.54 Å². The second kappa shape index (κ2) is 8.45. The standard InChI is InChI=1S/C24H31N5OS/c1-16-6-7-18-19(13-16)31-23-20(18)22(27-21(28-23)17-5-4-8-25-14-17)26-15-24(2,3)29-9-11-30-12-10-29/h4-5,8,14,16H,6-7,9-13,15H2,1-3H3,(H,26,27,28). The van der Waals surface area contributed by atoms with Crippen LogP contribution in [0.2, 0.25) is 0 Å². The molecule has 7 heteroatoms. The Morgan fingerprint density at radius 3 is 2.87 bits per heavy atom. The molecule has 31 heavy (non-hydrogen) atoms. The zero-order valence-electron chi connectivity index (χ0n) is 18.6. The molecule has 5 rings (SSSR count). The van der Waals surface area contributed by atoms with Gasteiger partial charge in [-0.1, -0.05) is 6.92 Å². The van der Waals surface area contributed by atoms with E-state index in [4.69, 9.17) is 14.7 Å². The number of nitrogens with zero attached hydrogens (tertiary/aromatic N) is 4. The predicted octanol–water partition coefficient (Wildman–Crippen LogP) is 4.40. The van der Waals surface area contributed by atoms with Gasteiger partial charge in [0.1, 0.15) is 10.6 Å². The number of aryl methyl sites for hydroxylation is 1. The highest BCUT2D eigenvalue weighted by molar-refractivity contribution is 7.19. The predicted molar refractivity (Wildman–Crippen MR) is 127 cm³/mol. The summed E-state index contributed by atoms with van der Waals surface area (Å²) in [5.41, 5.74) is 2.43. The monoisotopic (exact) mass is 437 g/mol. The van der Waals surface area contributed by atoms with Crippen LogP contribution in [-0.4, -0.2) is 58.2 Å². The molecule has 1 N–H and O–H groups in total. The van der Waals surface area contributed by atoms with Gasteiger partial charge in [-0.25, -0.2) is 9.97 Å². The zero-order chi connectivity index (χ0) is 21.4. The second-order valence-corrected chi connectivity index (χ2v) is 10.5. The second-order valence-electron chi connectivity index (χ2n) is 9.43. The topological polar surface area (TPSA) is 63.2 Å². The van der Waals surface area contributed by atoms with Crippen molar-refractivity contribution in [3.63, 3.8) is 0 Å². The van der Waals surface area contributed by atoms with Gasteiger partial charge in [-0.05, 0) is 56.7 Å². The fraction of sp³-hybridized carbons (Fsp3) is 0.542. The van der Waals surface area contributed by atoms with Crippen LogP contribution in [0.25, 0.3) is 21.6 Å². The number of nitrogens with one attached hydrogen (secondary N) is 1. The number of hydrogen-bond donors (Lipinski definition) is 1.